The molecule has 3 aliphatic rings. The second-order valence-corrected chi connectivity index (χ2v) is 13.9. The first-order valence-electron chi connectivity index (χ1n) is 8.67. The van der Waals surface area contributed by atoms with E-state index in [1.54, 1.807) is 32.0 Å². The zero-order valence-electron chi connectivity index (χ0n) is 15.0. The van der Waals surface area contributed by atoms with Crippen molar-refractivity contribution in [2.24, 2.45) is 0 Å². The van der Waals surface area contributed by atoms with Gasteiger partial charge in [0.25, 0.3) is 0 Å². The summed E-state index contributed by atoms with van der Waals surface area (Å²) in [7, 11) is -10.9. The van der Waals surface area contributed by atoms with Gasteiger partial charge in [-0.1, -0.05) is 12.1 Å². The highest BCUT2D eigenvalue weighted by Gasteiger charge is 2.57. The predicted molar refractivity (Wildman–Crippen MR) is 101 cm³/mol. The zero-order chi connectivity index (χ0) is 19.8. The van der Waals surface area contributed by atoms with Crippen LogP contribution in [-0.4, -0.2) is 76.7 Å². The molecule has 0 unspecified atom stereocenters. The number of rotatable bonds is 2. The van der Waals surface area contributed by atoms with Crippen molar-refractivity contribution in [3.63, 3.8) is 0 Å². The number of sulfone groups is 2. The second kappa shape index (κ2) is 5.99. The molecule has 0 saturated carbocycles. The van der Waals surface area contributed by atoms with E-state index in [9.17, 15) is 25.3 Å². The lowest BCUT2D eigenvalue weighted by atomic mass is 10.0. The molecule has 150 valence electrons. The number of sulfonamides is 1. The van der Waals surface area contributed by atoms with Gasteiger partial charge in [0.1, 0.15) is 0 Å². The van der Waals surface area contributed by atoms with Crippen molar-refractivity contribution in [2.45, 2.75) is 42.9 Å². The Hall–Kier alpha value is -1.01. The third-order valence-corrected chi connectivity index (χ3v) is 11.2. The Morgan fingerprint density at radius 3 is 1.96 bits per heavy atom. The molecular formula is C16H22N2O6S3. The topological polar surface area (TPSA) is 118 Å². The monoisotopic (exact) mass is 434 g/mol. The molecule has 0 radical (unpaired) electrons. The average Bonchev–Trinajstić information content (AvgIpc) is 2.98. The Labute approximate surface area is 159 Å². The molecule has 3 heterocycles. The Balaban J connectivity index is 1.87. The minimum Gasteiger partial charge on any atom is -0.306 e. The molecule has 0 aliphatic carbocycles. The van der Waals surface area contributed by atoms with Crippen molar-refractivity contribution < 1.29 is 25.3 Å². The van der Waals surface area contributed by atoms with Gasteiger partial charge in [0, 0.05) is 12.1 Å². The second-order valence-electron chi connectivity index (χ2n) is 7.77. The molecule has 3 saturated heterocycles. The maximum Gasteiger partial charge on any atom is 0.244 e. The molecule has 1 N–H and O–H groups in total. The van der Waals surface area contributed by atoms with Gasteiger partial charge in [0.15, 0.2) is 19.7 Å². The van der Waals surface area contributed by atoms with Crippen molar-refractivity contribution in [3.05, 3.63) is 29.3 Å². The lowest BCUT2D eigenvalue weighted by Gasteiger charge is -2.44. The van der Waals surface area contributed by atoms with Crippen LogP contribution in [0.15, 0.2) is 23.1 Å². The first-order chi connectivity index (χ1) is 12.4. The summed E-state index contributed by atoms with van der Waals surface area (Å²) in [4.78, 5) is 0.107. The lowest BCUT2D eigenvalue weighted by Crippen LogP contribution is -2.67. The van der Waals surface area contributed by atoms with Crippen LogP contribution in [0.25, 0.3) is 0 Å². The molecule has 8 nitrogen and oxygen atoms in total. The molecule has 0 amide bonds. The third-order valence-electron chi connectivity index (χ3n) is 5.63. The molecule has 11 heteroatoms. The van der Waals surface area contributed by atoms with Crippen molar-refractivity contribution in [2.75, 3.05) is 23.0 Å². The van der Waals surface area contributed by atoms with E-state index in [1.165, 1.54) is 4.31 Å². The Kier molecular flexibility index (Phi) is 4.29. The highest BCUT2D eigenvalue weighted by atomic mass is 32.2. The van der Waals surface area contributed by atoms with Gasteiger partial charge in [0.05, 0.1) is 40.0 Å². The van der Waals surface area contributed by atoms with Gasteiger partial charge in [0.2, 0.25) is 10.0 Å². The Morgan fingerprint density at radius 2 is 1.44 bits per heavy atom. The molecule has 0 bridgehead atoms. The van der Waals surface area contributed by atoms with Crippen molar-refractivity contribution >= 4 is 29.7 Å². The van der Waals surface area contributed by atoms with Gasteiger partial charge >= 0.3 is 0 Å². The van der Waals surface area contributed by atoms with Crippen LogP contribution in [0.1, 0.15) is 11.1 Å². The van der Waals surface area contributed by atoms with E-state index >= 15 is 0 Å². The van der Waals surface area contributed by atoms with Crippen LogP contribution >= 0.6 is 0 Å². The van der Waals surface area contributed by atoms with Gasteiger partial charge < -0.3 is 5.32 Å². The van der Waals surface area contributed by atoms with E-state index in [2.05, 4.69) is 5.32 Å². The van der Waals surface area contributed by atoms with Crippen LogP contribution in [0.2, 0.25) is 0 Å². The van der Waals surface area contributed by atoms with Crippen molar-refractivity contribution in [3.8, 4) is 0 Å². The Bertz CT molecular complexity index is 1060. The van der Waals surface area contributed by atoms with E-state index in [4.69, 9.17) is 0 Å². The summed E-state index contributed by atoms with van der Waals surface area (Å²) in [5.41, 5.74) is 1.31. The summed E-state index contributed by atoms with van der Waals surface area (Å²) in [6, 6.07) is 2.29. The molecule has 1 aromatic carbocycles. The van der Waals surface area contributed by atoms with Gasteiger partial charge in [-0.05, 0) is 31.0 Å². The highest BCUT2D eigenvalue weighted by molar-refractivity contribution is 7.92. The number of benzene rings is 1. The van der Waals surface area contributed by atoms with Gasteiger partial charge in [-0.2, -0.15) is 4.31 Å². The van der Waals surface area contributed by atoms with Gasteiger partial charge in [-0.25, -0.2) is 25.3 Å². The molecule has 0 spiro atoms. The summed E-state index contributed by atoms with van der Waals surface area (Å²) in [5, 5.41) is 3.10. The molecule has 4 atom stereocenters. The fraction of sp³-hybridized carbons (Fsp3) is 0.625. The van der Waals surface area contributed by atoms with Crippen LogP contribution < -0.4 is 5.32 Å². The molecule has 3 aliphatic heterocycles. The first-order valence-corrected chi connectivity index (χ1v) is 13.8. The smallest absolute Gasteiger partial charge is 0.244 e. The normalized spacial score (nSPS) is 34.9. The number of piperazine rings is 1. The number of fused-ring (bicyclic) bond motifs is 2. The quantitative estimate of drug-likeness (QED) is 0.649. The largest absolute Gasteiger partial charge is 0.306 e. The zero-order valence-corrected chi connectivity index (χ0v) is 17.4. The van der Waals surface area contributed by atoms with Crippen LogP contribution in [-0.2, 0) is 29.7 Å². The van der Waals surface area contributed by atoms with Crippen molar-refractivity contribution in [1.29, 1.82) is 0 Å². The molecule has 27 heavy (non-hydrogen) atoms. The molecule has 4 rings (SSSR count). The lowest BCUT2D eigenvalue weighted by molar-refractivity contribution is 0.160. The van der Waals surface area contributed by atoms with E-state index < -0.39 is 53.9 Å². The van der Waals surface area contributed by atoms with Gasteiger partial charge in [-0.15, -0.1) is 0 Å². The number of hydrogen-bond acceptors (Lipinski definition) is 7. The summed E-state index contributed by atoms with van der Waals surface area (Å²) >= 11 is 0. The van der Waals surface area contributed by atoms with Crippen LogP contribution in [0.5, 0.6) is 0 Å². The van der Waals surface area contributed by atoms with E-state index in [0.29, 0.717) is 5.56 Å². The molecule has 0 aromatic heterocycles. The maximum atomic E-state index is 13.6. The summed E-state index contributed by atoms with van der Waals surface area (Å²) in [5.74, 6) is -0.949. The predicted octanol–water partition coefficient (Wildman–Crippen LogP) is -0.771. The fourth-order valence-corrected chi connectivity index (χ4v) is 10.7. The molecule has 1 aromatic rings. The average molecular weight is 435 g/mol. The number of nitrogens with zero attached hydrogens (tertiary/aromatic N) is 1. The SMILES string of the molecule is Cc1ccc(C)c(S(=O)(=O)N2[C@@H]3CS(=O)(=O)C[C@@H]3N[C@H]3CS(=O)(=O)C[C@@H]32)c1. The highest BCUT2D eigenvalue weighted by Crippen LogP contribution is 2.36. The van der Waals surface area contributed by atoms with Crippen molar-refractivity contribution in [1.82, 2.24) is 9.62 Å². The van der Waals surface area contributed by atoms with Crippen LogP contribution in [0.4, 0.5) is 0 Å². The summed E-state index contributed by atoms with van der Waals surface area (Å²) in [6.45, 7) is 3.46. The summed E-state index contributed by atoms with van der Waals surface area (Å²) in [6.07, 6.45) is 0. The van der Waals surface area contributed by atoms with E-state index in [1.807, 2.05) is 0 Å². The molecule has 3 fully saturated rings. The first kappa shape index (κ1) is 19.3. The third kappa shape index (κ3) is 3.23. The summed E-state index contributed by atoms with van der Waals surface area (Å²) < 4.78 is 77.1. The van der Waals surface area contributed by atoms with Crippen LogP contribution in [0, 0.1) is 13.8 Å². The number of nitrogens with one attached hydrogen (secondary N) is 1. The van der Waals surface area contributed by atoms with E-state index in [0.717, 1.165) is 5.56 Å². The minimum atomic E-state index is -4.06. The number of hydrogen-bond donors (Lipinski definition) is 1. The fourth-order valence-electron chi connectivity index (χ4n) is 4.45. The van der Waals surface area contributed by atoms with Crippen LogP contribution in [0.3, 0.4) is 0 Å². The van der Waals surface area contributed by atoms with Gasteiger partial charge in [-0.3, -0.25) is 0 Å². The maximum absolute atomic E-state index is 13.6. The van der Waals surface area contributed by atoms with E-state index in [-0.39, 0.29) is 27.9 Å². The minimum absolute atomic E-state index is 0.107. The standard InChI is InChI=1S/C16H22N2O6S3/c1-10-3-4-11(2)16(5-10)27(23,24)18-14-8-25(19,20)6-12(14)17-13-7-26(21,22)9-15(13)18/h3-5,12-15,17H,6-9H2,1-2H3/t12-,13-,14-,15+/m0/s1. The molecular weight excluding hydrogens is 412 g/mol. The number of aryl methyl sites for hydroxylation is 2. The Morgan fingerprint density at radius 1 is 0.926 bits per heavy atom.